The van der Waals surface area contributed by atoms with E-state index in [2.05, 4.69) is 0 Å². The zero-order valence-electron chi connectivity index (χ0n) is 22.9. The van der Waals surface area contributed by atoms with Gasteiger partial charge >= 0.3 is 168 Å². The molecule has 0 spiro atoms. The molecule has 296 valence electrons. The van der Waals surface area contributed by atoms with Crippen molar-refractivity contribution in [3.63, 3.8) is 0 Å². The maximum absolute atomic E-state index is 8.25. The molecule has 0 N–H and O–H groups in total. The Kier molecular flexibility index (Phi) is 215. The second-order valence-corrected chi connectivity index (χ2v) is 2.68. The zero-order chi connectivity index (χ0) is 42.9. The van der Waals surface area contributed by atoms with Crippen LogP contribution in [0.25, 0.3) is 0 Å². The Morgan fingerprint density at radius 3 is 0.151 bits per heavy atom. The first-order valence-electron chi connectivity index (χ1n) is 6.57. The maximum atomic E-state index is 8.25. The molecule has 0 aliphatic carbocycles. The zero-order valence-corrected chi connectivity index (χ0v) is 32.0. The second kappa shape index (κ2) is 104. The van der Waals surface area contributed by atoms with Gasteiger partial charge in [-0.15, -0.1) is 0 Å². The van der Waals surface area contributed by atoms with E-state index in [4.69, 9.17) is 184 Å². The first kappa shape index (κ1) is 110. The summed E-state index contributed by atoms with van der Waals surface area (Å²) in [6.07, 6.45) is 0. The molecule has 0 bridgehead atoms. The van der Waals surface area contributed by atoms with Crippen LogP contribution in [-0.2, 0) is 0 Å². The van der Waals surface area contributed by atoms with Crippen LogP contribution in [0.1, 0.15) is 0 Å². The Bertz CT molecular complexity index is 602. The first-order chi connectivity index (χ1) is 20.8. The van der Waals surface area contributed by atoms with Crippen molar-refractivity contribution >= 4 is 69.2 Å². The molecule has 0 fully saturated rings. The van der Waals surface area contributed by atoms with Crippen LogP contribution in [0.3, 0.4) is 0 Å². The molecule has 0 saturated heterocycles. The van der Waals surface area contributed by atoms with Crippen LogP contribution >= 0.6 is 0 Å². The van der Waals surface area contributed by atoms with Gasteiger partial charge in [-0.3, -0.25) is 0 Å². The van der Waals surface area contributed by atoms with Crippen molar-refractivity contribution < 1.29 is 160 Å². The van der Waals surface area contributed by atoms with E-state index in [-0.39, 0.29) is 168 Å². The van der Waals surface area contributed by atoms with Crippen LogP contribution < -0.4 is 0 Å². The fourth-order valence-electron chi connectivity index (χ4n) is 0. The van der Waals surface area contributed by atoms with E-state index in [1.165, 1.54) is 0 Å². The van der Waals surface area contributed by atoms with Crippen LogP contribution in [0.5, 0.6) is 0 Å². The quantitative estimate of drug-likeness (QED) is 0.127. The normalized spacial score (nSPS) is 5.43. The molecule has 0 atom stereocenters. The molecule has 0 aliphatic heterocycles. The minimum Gasteiger partial charge on any atom is -0.356 e. The van der Waals surface area contributed by atoms with Gasteiger partial charge in [0.15, 0.2) is 0 Å². The van der Waals surface area contributed by atoms with Crippen molar-refractivity contribution in [3.05, 3.63) is 184 Å². The van der Waals surface area contributed by atoms with Crippen LogP contribution in [0.15, 0.2) is 0 Å². The summed E-state index contributed by atoms with van der Waals surface area (Å²) in [6.45, 7) is 0. The second-order valence-electron chi connectivity index (χ2n) is 2.68. The van der Waals surface area contributed by atoms with E-state index in [1.807, 2.05) is 0 Å². The van der Waals surface area contributed by atoms with Crippen molar-refractivity contribution in [3.8, 4) is 0 Å². The van der Waals surface area contributed by atoms with E-state index in [1.54, 1.807) is 0 Å². The summed E-state index contributed by atoms with van der Waals surface area (Å²) in [5, 5.41) is 177. The molecular weight excluding hydrogens is 1120 g/mol. The molecule has 0 radical (unpaired) electrons. The van der Waals surface area contributed by atoms with Crippen LogP contribution in [0.2, 0.25) is 0 Å². The largest absolute Gasteiger partial charge is 3.00 e. The van der Waals surface area contributed by atoms with Gasteiger partial charge < -0.3 is 184 Å². The van der Waals surface area contributed by atoms with Gasteiger partial charge in [-0.05, 0) is 0 Å². The van der Waals surface area contributed by atoms with Gasteiger partial charge in [0, 0.05) is 0 Å². The van der Waals surface area contributed by atoms with Gasteiger partial charge in [0.2, 0.25) is 0 Å². The first-order valence-corrected chi connectivity index (χ1v) is 6.57. The number of nitrogens with zero attached hydrogens (tertiary/aromatic N) is 12. The van der Waals surface area contributed by atoms with E-state index in [0.717, 1.165) is 0 Å². The SMILES string of the molecule is O=[N+]([O-])[O-].O=[N+]([O-])[O-].O=[N+]([O-])[O-].O=[N+]([O-])[O-].O=[N+]([O-])[O-].O=[N+]([O-])[O-].O=[N+]([O-])[O-].O=[N+]([O-])[O-].O=[N+]([O-])[O-].O=[N+]([O-])[O-].O=[N+]([O-])[O-].O=[N+]([O-])[O-].[Eu+3].[Eu+3].[Mg+2].[Mg+2].[Mg+2]. The van der Waals surface area contributed by atoms with Crippen LogP contribution in [-0.4, -0.2) is 130 Å². The molecule has 0 aromatic carbocycles. The predicted octanol–water partition coefficient (Wildman–Crippen LogP) is -4.01. The Balaban J connectivity index is -0.0000000176. The molecule has 0 aromatic heterocycles. The molecule has 0 heterocycles. The van der Waals surface area contributed by atoms with Gasteiger partial charge in [0.1, 0.15) is 0 Å². The molecule has 48 nitrogen and oxygen atoms in total. The van der Waals surface area contributed by atoms with Gasteiger partial charge in [0.05, 0.1) is 61.0 Å². The summed E-state index contributed by atoms with van der Waals surface area (Å²) >= 11 is 0. The Morgan fingerprint density at radius 2 is 0.151 bits per heavy atom. The van der Waals surface area contributed by atoms with Crippen molar-refractivity contribution in [1.82, 2.24) is 0 Å². The van der Waals surface area contributed by atoms with Gasteiger partial charge in [-0.25, -0.2) is 0 Å². The van der Waals surface area contributed by atoms with Gasteiger partial charge in [-0.1, -0.05) is 0 Å². The molecular formula is Eu2Mg3N12O36. The Morgan fingerprint density at radius 1 is 0.151 bits per heavy atom. The Hall–Kier alpha value is -4.13. The average Bonchev–Trinajstić information content (AvgIpc) is 2.61. The smallest absolute Gasteiger partial charge is 0.356 e. The summed E-state index contributed by atoms with van der Waals surface area (Å²) in [5.74, 6) is 0. The standard InChI is InChI=1S/2Eu.3Mg.12NO3/c;;;;;12*2-1(3)4/q2*+3;3*+2;12*-1. The molecule has 53 heavy (non-hydrogen) atoms. The minimum atomic E-state index is -1.75. The molecule has 0 aliphatic rings. The van der Waals surface area contributed by atoms with Gasteiger partial charge in [0.25, 0.3) is 0 Å². The fourth-order valence-corrected chi connectivity index (χ4v) is 0. The molecule has 0 saturated carbocycles. The molecule has 53 heteroatoms. The number of rotatable bonds is 0. The third kappa shape index (κ3) is 5900. The van der Waals surface area contributed by atoms with Gasteiger partial charge in [-0.2, -0.15) is 0 Å². The van der Waals surface area contributed by atoms with E-state index < -0.39 is 61.0 Å². The van der Waals surface area contributed by atoms with Crippen LogP contribution in [0, 0.1) is 283 Å². The summed E-state index contributed by atoms with van der Waals surface area (Å²) < 4.78 is 0. The van der Waals surface area contributed by atoms with Crippen molar-refractivity contribution in [2.75, 3.05) is 0 Å². The summed E-state index contributed by atoms with van der Waals surface area (Å²) in [6, 6.07) is 0. The minimum absolute atomic E-state index is 0. The van der Waals surface area contributed by atoms with Crippen molar-refractivity contribution in [2.24, 2.45) is 0 Å². The van der Waals surface area contributed by atoms with Crippen molar-refractivity contribution in [2.45, 2.75) is 0 Å². The van der Waals surface area contributed by atoms with E-state index in [0.29, 0.717) is 0 Å². The number of hydrogen-bond acceptors (Lipinski definition) is 36. The number of hydrogen-bond donors (Lipinski definition) is 0. The molecule has 0 amide bonds. The van der Waals surface area contributed by atoms with E-state index in [9.17, 15) is 0 Å². The maximum Gasteiger partial charge on any atom is 3.00 e. The third-order valence-corrected chi connectivity index (χ3v) is 0. The summed E-state index contributed by atoms with van der Waals surface area (Å²) in [7, 11) is 0. The summed E-state index contributed by atoms with van der Waals surface area (Å²) in [4.78, 5) is 99.0. The predicted molar refractivity (Wildman–Crippen MR) is 142 cm³/mol. The summed E-state index contributed by atoms with van der Waals surface area (Å²) in [5.41, 5.74) is 0. The Labute approximate surface area is 407 Å². The third-order valence-electron chi connectivity index (χ3n) is 0. The topological polar surface area (TPSA) is 794 Å². The molecule has 0 aromatic rings. The molecule has 0 rings (SSSR count). The monoisotopic (exact) mass is 1120 g/mol. The fraction of sp³-hybridized carbons (Fsp3) is 0. The van der Waals surface area contributed by atoms with Crippen LogP contribution in [0.4, 0.5) is 0 Å². The average molecular weight is 1120 g/mol. The van der Waals surface area contributed by atoms with Crippen molar-refractivity contribution in [1.29, 1.82) is 0 Å². The van der Waals surface area contributed by atoms with E-state index >= 15 is 0 Å². The molecule has 0 unspecified atom stereocenters.